The van der Waals surface area contributed by atoms with Gasteiger partial charge in [-0.3, -0.25) is 0 Å². The van der Waals surface area contributed by atoms with Crippen LogP contribution in [-0.2, 0) is 0 Å². The van der Waals surface area contributed by atoms with Crippen molar-refractivity contribution in [1.29, 1.82) is 0 Å². The van der Waals surface area contributed by atoms with E-state index in [1.54, 1.807) is 30.2 Å². The number of likely N-dealkylation sites (tertiary alicyclic amines) is 1. The first-order chi connectivity index (χ1) is 14.1. The van der Waals surface area contributed by atoms with E-state index in [2.05, 4.69) is 15.5 Å². The lowest BCUT2D eigenvalue weighted by Gasteiger charge is -2.31. The standard InChI is InChI=1S/C21H21ClN4O3/c1-28-18-6-2-5-17(12-18)23-21(27)26-11-3-4-15(13-26)20-24-19(25-29-20)14-7-9-16(22)10-8-14/h2,5-10,12,15H,3-4,11,13H2,1H3,(H,23,27). The molecular weight excluding hydrogens is 392 g/mol. The number of ether oxygens (including phenoxy) is 1. The Morgan fingerprint density at radius 3 is 2.90 bits per heavy atom. The fourth-order valence-electron chi connectivity index (χ4n) is 3.38. The van der Waals surface area contributed by atoms with Crippen molar-refractivity contribution in [2.45, 2.75) is 18.8 Å². The molecule has 1 aromatic heterocycles. The summed E-state index contributed by atoms with van der Waals surface area (Å²) in [6.07, 6.45) is 1.76. The van der Waals surface area contributed by atoms with Gasteiger partial charge in [0.1, 0.15) is 5.75 Å². The van der Waals surface area contributed by atoms with Gasteiger partial charge in [-0.2, -0.15) is 4.98 Å². The van der Waals surface area contributed by atoms with Gasteiger partial charge in [0.05, 0.1) is 13.0 Å². The first-order valence-electron chi connectivity index (χ1n) is 9.42. The molecule has 0 aliphatic carbocycles. The van der Waals surface area contributed by atoms with E-state index in [4.69, 9.17) is 20.9 Å². The summed E-state index contributed by atoms with van der Waals surface area (Å²) in [5.41, 5.74) is 1.53. The minimum absolute atomic E-state index is 0.00774. The van der Waals surface area contributed by atoms with Gasteiger partial charge >= 0.3 is 6.03 Å². The van der Waals surface area contributed by atoms with Crippen LogP contribution in [0.4, 0.5) is 10.5 Å². The summed E-state index contributed by atoms with van der Waals surface area (Å²) in [6.45, 7) is 1.21. The quantitative estimate of drug-likeness (QED) is 0.665. The minimum atomic E-state index is -0.152. The Morgan fingerprint density at radius 1 is 1.28 bits per heavy atom. The smallest absolute Gasteiger partial charge is 0.321 e. The van der Waals surface area contributed by atoms with Gasteiger partial charge in [-0.15, -0.1) is 0 Å². The lowest BCUT2D eigenvalue weighted by molar-refractivity contribution is 0.184. The van der Waals surface area contributed by atoms with E-state index in [0.29, 0.717) is 41.3 Å². The first-order valence-corrected chi connectivity index (χ1v) is 9.79. The zero-order chi connectivity index (χ0) is 20.2. The molecule has 150 valence electrons. The van der Waals surface area contributed by atoms with Crippen molar-refractivity contribution in [3.63, 3.8) is 0 Å². The van der Waals surface area contributed by atoms with E-state index in [1.807, 2.05) is 30.3 Å². The predicted octanol–water partition coefficient (Wildman–Crippen LogP) is 4.81. The van der Waals surface area contributed by atoms with Gasteiger partial charge < -0.3 is 19.5 Å². The second-order valence-electron chi connectivity index (χ2n) is 6.91. The van der Waals surface area contributed by atoms with E-state index in [0.717, 1.165) is 18.4 Å². The highest BCUT2D eigenvalue weighted by molar-refractivity contribution is 6.30. The molecule has 1 aliphatic rings. The number of nitrogens with zero attached hydrogens (tertiary/aromatic N) is 3. The molecule has 1 unspecified atom stereocenters. The van der Waals surface area contributed by atoms with Crippen LogP contribution in [0.5, 0.6) is 5.75 Å². The van der Waals surface area contributed by atoms with E-state index in [-0.39, 0.29) is 11.9 Å². The Kier molecular flexibility index (Phi) is 5.67. The van der Waals surface area contributed by atoms with Crippen LogP contribution in [0, 0.1) is 0 Å². The number of hydrogen-bond donors (Lipinski definition) is 1. The van der Waals surface area contributed by atoms with Crippen molar-refractivity contribution >= 4 is 23.3 Å². The number of aromatic nitrogens is 2. The van der Waals surface area contributed by atoms with Crippen LogP contribution in [0.3, 0.4) is 0 Å². The minimum Gasteiger partial charge on any atom is -0.497 e. The third-order valence-corrected chi connectivity index (χ3v) is 5.17. The van der Waals surface area contributed by atoms with Gasteiger partial charge in [-0.05, 0) is 49.2 Å². The second-order valence-corrected chi connectivity index (χ2v) is 7.35. The van der Waals surface area contributed by atoms with Crippen LogP contribution in [0.25, 0.3) is 11.4 Å². The Labute approximate surface area is 173 Å². The van der Waals surface area contributed by atoms with Gasteiger partial charge in [0.25, 0.3) is 0 Å². The average molecular weight is 413 g/mol. The van der Waals surface area contributed by atoms with Crippen LogP contribution in [0.15, 0.2) is 53.1 Å². The highest BCUT2D eigenvalue weighted by Gasteiger charge is 2.29. The largest absolute Gasteiger partial charge is 0.497 e. The number of urea groups is 1. The zero-order valence-electron chi connectivity index (χ0n) is 16.0. The Hall–Kier alpha value is -3.06. The molecule has 0 bridgehead atoms. The van der Waals surface area contributed by atoms with Crippen LogP contribution in [-0.4, -0.2) is 41.3 Å². The number of amides is 2. The molecule has 1 N–H and O–H groups in total. The molecule has 2 amide bonds. The maximum atomic E-state index is 12.7. The van der Waals surface area contributed by atoms with Crippen molar-refractivity contribution in [2.24, 2.45) is 0 Å². The number of carbonyl (C=O) groups is 1. The topological polar surface area (TPSA) is 80.5 Å². The van der Waals surface area contributed by atoms with Crippen LogP contribution < -0.4 is 10.1 Å². The molecule has 1 fully saturated rings. The van der Waals surface area contributed by atoms with Crippen LogP contribution in [0.1, 0.15) is 24.7 Å². The van der Waals surface area contributed by atoms with Gasteiger partial charge in [-0.1, -0.05) is 22.8 Å². The van der Waals surface area contributed by atoms with Crippen molar-refractivity contribution < 1.29 is 14.1 Å². The van der Waals surface area contributed by atoms with E-state index >= 15 is 0 Å². The molecule has 0 saturated carbocycles. The molecule has 1 saturated heterocycles. The van der Waals surface area contributed by atoms with E-state index < -0.39 is 0 Å². The number of benzene rings is 2. The molecule has 0 spiro atoms. The molecule has 8 heteroatoms. The van der Waals surface area contributed by atoms with Gasteiger partial charge in [0.15, 0.2) is 0 Å². The predicted molar refractivity (Wildman–Crippen MR) is 110 cm³/mol. The molecule has 1 atom stereocenters. The lowest BCUT2D eigenvalue weighted by atomic mass is 9.98. The molecule has 1 aliphatic heterocycles. The lowest BCUT2D eigenvalue weighted by Crippen LogP contribution is -2.41. The number of nitrogens with one attached hydrogen (secondary N) is 1. The summed E-state index contributed by atoms with van der Waals surface area (Å²) < 4.78 is 10.7. The molecule has 3 aromatic rings. The van der Waals surface area contributed by atoms with Crippen molar-refractivity contribution in [2.75, 3.05) is 25.5 Å². The summed E-state index contributed by atoms with van der Waals surface area (Å²) >= 11 is 5.93. The third-order valence-electron chi connectivity index (χ3n) is 4.92. The fourth-order valence-corrected chi connectivity index (χ4v) is 3.51. The summed E-state index contributed by atoms with van der Waals surface area (Å²) in [5.74, 6) is 1.77. The van der Waals surface area contributed by atoms with Gasteiger partial charge in [-0.25, -0.2) is 4.79 Å². The molecule has 7 nitrogen and oxygen atoms in total. The SMILES string of the molecule is COc1cccc(NC(=O)N2CCCC(c3nc(-c4ccc(Cl)cc4)no3)C2)c1. The number of carbonyl (C=O) groups excluding carboxylic acids is 1. The monoisotopic (exact) mass is 412 g/mol. The highest BCUT2D eigenvalue weighted by Crippen LogP contribution is 2.28. The number of methoxy groups -OCH3 is 1. The van der Waals surface area contributed by atoms with Crippen LogP contribution >= 0.6 is 11.6 Å². The molecule has 4 rings (SSSR count). The van der Waals surface area contributed by atoms with Crippen molar-refractivity contribution in [1.82, 2.24) is 15.0 Å². The molecular formula is C21H21ClN4O3. The number of piperidine rings is 1. The Balaban J connectivity index is 1.43. The second kappa shape index (κ2) is 8.53. The molecule has 29 heavy (non-hydrogen) atoms. The van der Waals surface area contributed by atoms with Crippen LogP contribution in [0.2, 0.25) is 5.02 Å². The summed E-state index contributed by atoms with van der Waals surface area (Å²) in [7, 11) is 1.60. The molecule has 0 radical (unpaired) electrons. The molecule has 2 heterocycles. The van der Waals surface area contributed by atoms with Gasteiger partial charge in [0, 0.05) is 35.4 Å². The van der Waals surface area contributed by atoms with E-state index in [1.165, 1.54) is 0 Å². The summed E-state index contributed by atoms with van der Waals surface area (Å²) in [6, 6.07) is 14.4. The average Bonchev–Trinajstić information content (AvgIpc) is 3.25. The highest BCUT2D eigenvalue weighted by atomic mass is 35.5. The summed E-state index contributed by atoms with van der Waals surface area (Å²) in [5, 5.41) is 7.66. The van der Waals surface area contributed by atoms with Gasteiger partial charge in [0.2, 0.25) is 11.7 Å². The number of rotatable bonds is 4. The van der Waals surface area contributed by atoms with Crippen molar-refractivity contribution in [3.8, 4) is 17.1 Å². The van der Waals surface area contributed by atoms with E-state index in [9.17, 15) is 4.79 Å². The summed E-state index contributed by atoms with van der Waals surface area (Å²) in [4.78, 5) is 19.0. The molecule has 2 aromatic carbocycles. The number of hydrogen-bond acceptors (Lipinski definition) is 5. The third kappa shape index (κ3) is 4.51. The number of anilines is 1. The Bertz CT molecular complexity index is 990. The normalized spacial score (nSPS) is 16.5. The zero-order valence-corrected chi connectivity index (χ0v) is 16.7. The fraction of sp³-hybridized carbons (Fsp3) is 0.286. The maximum absolute atomic E-state index is 12.7. The first kappa shape index (κ1) is 19.3. The number of halogens is 1. The Morgan fingerprint density at radius 2 is 2.10 bits per heavy atom. The van der Waals surface area contributed by atoms with Crippen molar-refractivity contribution in [3.05, 3.63) is 59.4 Å². The maximum Gasteiger partial charge on any atom is 0.321 e.